The monoisotopic (exact) mass is 363 g/mol. The molecule has 0 radical (unpaired) electrons. The van der Waals surface area contributed by atoms with Crippen molar-refractivity contribution in [3.8, 4) is 5.88 Å². The van der Waals surface area contributed by atoms with Crippen LogP contribution in [0.15, 0.2) is 49.1 Å². The van der Waals surface area contributed by atoms with Crippen molar-refractivity contribution in [3.63, 3.8) is 0 Å². The van der Waals surface area contributed by atoms with Gasteiger partial charge in [-0.15, -0.1) is 0 Å². The number of nitrogens with zero attached hydrogens (tertiary/aromatic N) is 5. The first-order valence-electron chi connectivity index (χ1n) is 9.22. The van der Waals surface area contributed by atoms with Crippen LogP contribution in [0.5, 0.6) is 5.88 Å². The minimum Gasteiger partial charge on any atom is -0.494 e. The summed E-state index contributed by atoms with van der Waals surface area (Å²) in [6, 6.07) is 7.93. The SMILES string of the molecule is Oc1c2c(N3CCOCC3)ccnc2cn1CCc1cn2ccccc2n1. The minimum atomic E-state index is 0.267. The summed E-state index contributed by atoms with van der Waals surface area (Å²) in [6.45, 7) is 3.71. The molecular formula is C20H21N5O2. The number of aromatic hydroxyl groups is 1. The fourth-order valence-corrected chi connectivity index (χ4v) is 3.73. The first kappa shape index (κ1) is 16.1. The van der Waals surface area contributed by atoms with Gasteiger partial charge in [0.25, 0.3) is 0 Å². The molecule has 5 heterocycles. The molecule has 1 fully saturated rings. The molecule has 0 saturated carbocycles. The normalized spacial score (nSPS) is 15.0. The number of pyridine rings is 2. The molecule has 5 rings (SSSR count). The second kappa shape index (κ2) is 6.59. The third-order valence-corrected chi connectivity index (χ3v) is 5.11. The minimum absolute atomic E-state index is 0.267. The Labute approximate surface area is 156 Å². The summed E-state index contributed by atoms with van der Waals surface area (Å²) in [5.74, 6) is 0.267. The van der Waals surface area contributed by atoms with Crippen LogP contribution in [0.25, 0.3) is 16.6 Å². The van der Waals surface area contributed by atoms with Gasteiger partial charge >= 0.3 is 0 Å². The Morgan fingerprint density at radius 3 is 2.85 bits per heavy atom. The average molecular weight is 363 g/mol. The summed E-state index contributed by atoms with van der Waals surface area (Å²) in [7, 11) is 0. The molecule has 1 aliphatic heterocycles. The highest BCUT2D eigenvalue weighted by Crippen LogP contribution is 2.34. The predicted octanol–water partition coefficient (Wildman–Crippen LogP) is 2.47. The molecule has 27 heavy (non-hydrogen) atoms. The molecule has 0 aliphatic carbocycles. The van der Waals surface area contributed by atoms with Crippen molar-refractivity contribution in [1.29, 1.82) is 0 Å². The van der Waals surface area contributed by atoms with Crippen LogP contribution >= 0.6 is 0 Å². The van der Waals surface area contributed by atoms with E-state index in [0.717, 1.165) is 47.4 Å². The summed E-state index contributed by atoms with van der Waals surface area (Å²) in [4.78, 5) is 11.3. The molecule has 0 bridgehead atoms. The van der Waals surface area contributed by atoms with Gasteiger partial charge in [-0.1, -0.05) is 6.07 Å². The molecule has 0 unspecified atom stereocenters. The Morgan fingerprint density at radius 2 is 2.00 bits per heavy atom. The first-order chi connectivity index (χ1) is 13.3. The van der Waals surface area contributed by atoms with Crippen molar-refractivity contribution in [2.75, 3.05) is 31.2 Å². The molecule has 138 valence electrons. The smallest absolute Gasteiger partial charge is 0.202 e. The van der Waals surface area contributed by atoms with Gasteiger partial charge in [0.05, 0.1) is 35.5 Å². The van der Waals surface area contributed by atoms with Crippen molar-refractivity contribution < 1.29 is 9.84 Å². The molecule has 0 amide bonds. The summed E-state index contributed by atoms with van der Waals surface area (Å²) >= 11 is 0. The van der Waals surface area contributed by atoms with Crippen molar-refractivity contribution in [2.24, 2.45) is 0 Å². The number of imidazole rings is 1. The van der Waals surface area contributed by atoms with Crippen molar-refractivity contribution in [2.45, 2.75) is 13.0 Å². The second-order valence-corrected chi connectivity index (χ2v) is 6.78. The van der Waals surface area contributed by atoms with Crippen LogP contribution in [-0.2, 0) is 17.7 Å². The van der Waals surface area contributed by atoms with Gasteiger partial charge in [-0.05, 0) is 18.2 Å². The van der Waals surface area contributed by atoms with Gasteiger partial charge in [0, 0.05) is 50.8 Å². The Bertz CT molecular complexity index is 1060. The number of rotatable bonds is 4. The molecule has 1 saturated heterocycles. The van der Waals surface area contributed by atoms with Crippen LogP contribution in [-0.4, -0.2) is 50.3 Å². The van der Waals surface area contributed by atoms with Crippen molar-refractivity contribution in [3.05, 3.63) is 54.7 Å². The van der Waals surface area contributed by atoms with Crippen LogP contribution in [0.4, 0.5) is 5.69 Å². The van der Waals surface area contributed by atoms with E-state index in [1.165, 1.54) is 0 Å². The van der Waals surface area contributed by atoms with E-state index in [2.05, 4.69) is 14.9 Å². The van der Waals surface area contributed by atoms with E-state index < -0.39 is 0 Å². The first-order valence-corrected chi connectivity index (χ1v) is 9.22. The lowest BCUT2D eigenvalue weighted by molar-refractivity contribution is 0.123. The molecule has 7 heteroatoms. The van der Waals surface area contributed by atoms with Gasteiger partial charge in [-0.25, -0.2) is 4.98 Å². The zero-order valence-electron chi connectivity index (χ0n) is 15.0. The summed E-state index contributed by atoms with van der Waals surface area (Å²) in [5, 5.41) is 11.7. The van der Waals surface area contributed by atoms with E-state index in [9.17, 15) is 5.11 Å². The summed E-state index contributed by atoms with van der Waals surface area (Å²) in [6.07, 6.45) is 8.49. The zero-order valence-corrected chi connectivity index (χ0v) is 15.0. The summed E-state index contributed by atoms with van der Waals surface area (Å²) in [5.41, 5.74) is 3.77. The van der Waals surface area contributed by atoms with E-state index >= 15 is 0 Å². The van der Waals surface area contributed by atoms with Gasteiger partial charge in [0.15, 0.2) is 0 Å². The van der Waals surface area contributed by atoms with Gasteiger partial charge < -0.3 is 23.7 Å². The van der Waals surface area contributed by atoms with E-state index in [0.29, 0.717) is 19.8 Å². The lowest BCUT2D eigenvalue weighted by Crippen LogP contribution is -2.36. The quantitative estimate of drug-likeness (QED) is 0.603. The fraction of sp³-hybridized carbons (Fsp3) is 0.300. The molecule has 4 aromatic rings. The maximum absolute atomic E-state index is 10.9. The van der Waals surface area contributed by atoms with Crippen molar-refractivity contribution >= 4 is 22.2 Å². The Balaban J connectivity index is 1.44. The number of anilines is 1. The molecule has 0 spiro atoms. The van der Waals surface area contributed by atoms with E-state index in [1.807, 2.05) is 51.8 Å². The molecular weight excluding hydrogens is 342 g/mol. The Kier molecular flexibility index (Phi) is 3.94. The number of hydrogen-bond donors (Lipinski definition) is 1. The standard InChI is InChI=1S/C20H21N5O2/c26-20-19-16(21-6-4-17(19)23-9-11-27-12-10-23)14-25(20)8-5-15-13-24-7-2-1-3-18(24)22-15/h1-4,6-7,13-14,26H,5,8-12H2. The molecule has 1 N–H and O–H groups in total. The van der Waals surface area contributed by atoms with E-state index in [-0.39, 0.29) is 5.88 Å². The predicted molar refractivity (Wildman–Crippen MR) is 103 cm³/mol. The zero-order chi connectivity index (χ0) is 18.2. The maximum atomic E-state index is 10.9. The number of aromatic nitrogens is 4. The van der Waals surface area contributed by atoms with Crippen LogP contribution in [0.1, 0.15) is 5.69 Å². The van der Waals surface area contributed by atoms with Crippen LogP contribution < -0.4 is 4.90 Å². The number of aryl methyl sites for hydroxylation is 2. The van der Waals surface area contributed by atoms with Gasteiger partial charge in [0.2, 0.25) is 5.88 Å². The third kappa shape index (κ3) is 2.90. The Hall–Kier alpha value is -3.06. The van der Waals surface area contributed by atoms with Gasteiger partial charge in [0.1, 0.15) is 5.65 Å². The number of ether oxygens (including phenoxy) is 1. The number of morpholine rings is 1. The summed E-state index contributed by atoms with van der Waals surface area (Å²) < 4.78 is 9.33. The van der Waals surface area contributed by atoms with Gasteiger partial charge in [-0.3, -0.25) is 4.98 Å². The molecule has 4 aromatic heterocycles. The van der Waals surface area contributed by atoms with E-state index in [1.54, 1.807) is 6.20 Å². The number of hydrogen-bond acceptors (Lipinski definition) is 5. The largest absolute Gasteiger partial charge is 0.494 e. The highest BCUT2D eigenvalue weighted by atomic mass is 16.5. The lowest BCUT2D eigenvalue weighted by atomic mass is 10.2. The maximum Gasteiger partial charge on any atom is 0.202 e. The Morgan fingerprint density at radius 1 is 1.11 bits per heavy atom. The lowest BCUT2D eigenvalue weighted by Gasteiger charge is -2.29. The van der Waals surface area contributed by atoms with Crippen LogP contribution in [0.2, 0.25) is 0 Å². The second-order valence-electron chi connectivity index (χ2n) is 6.78. The topological polar surface area (TPSA) is 67.8 Å². The third-order valence-electron chi connectivity index (χ3n) is 5.11. The van der Waals surface area contributed by atoms with Crippen molar-refractivity contribution in [1.82, 2.24) is 18.9 Å². The highest BCUT2D eigenvalue weighted by molar-refractivity contribution is 5.96. The van der Waals surface area contributed by atoms with E-state index in [4.69, 9.17) is 4.74 Å². The van der Waals surface area contributed by atoms with Crippen LogP contribution in [0, 0.1) is 0 Å². The average Bonchev–Trinajstić information content (AvgIpc) is 3.27. The van der Waals surface area contributed by atoms with Crippen LogP contribution in [0.3, 0.4) is 0 Å². The molecule has 7 nitrogen and oxygen atoms in total. The molecule has 0 atom stereocenters. The highest BCUT2D eigenvalue weighted by Gasteiger charge is 2.19. The number of fused-ring (bicyclic) bond motifs is 2. The fourth-order valence-electron chi connectivity index (χ4n) is 3.73. The molecule has 0 aromatic carbocycles. The molecule has 1 aliphatic rings. The van der Waals surface area contributed by atoms with Gasteiger partial charge in [-0.2, -0.15) is 0 Å².